The summed E-state index contributed by atoms with van der Waals surface area (Å²) in [5.41, 5.74) is 3.51. The van der Waals surface area contributed by atoms with Gasteiger partial charge < -0.3 is 14.6 Å². The number of hydrogen-bond donors (Lipinski definition) is 1. The number of aliphatic hydroxyl groups is 1. The molecule has 112 valence electrons. The highest BCUT2D eigenvalue weighted by Gasteiger charge is 2.14. The molecule has 0 saturated heterocycles. The van der Waals surface area contributed by atoms with Gasteiger partial charge in [-0.15, -0.1) is 0 Å². The molecule has 1 unspecified atom stereocenters. The second-order valence-electron chi connectivity index (χ2n) is 5.18. The number of aliphatic hydroxyl groups excluding tert-OH is 1. The van der Waals surface area contributed by atoms with Gasteiger partial charge in [0.05, 0.1) is 20.8 Å². The Kier molecular flexibility index (Phi) is 5.23. The molecule has 0 heterocycles. The second kappa shape index (κ2) is 7.14. The Morgan fingerprint density at radius 1 is 0.952 bits per heavy atom. The van der Waals surface area contributed by atoms with E-state index in [4.69, 9.17) is 9.47 Å². The van der Waals surface area contributed by atoms with E-state index >= 15 is 0 Å². The van der Waals surface area contributed by atoms with Crippen LogP contribution in [-0.4, -0.2) is 25.9 Å². The van der Waals surface area contributed by atoms with Crippen LogP contribution in [0.2, 0.25) is 0 Å². The summed E-state index contributed by atoms with van der Waals surface area (Å²) in [6.07, 6.45) is 0.798. The third-order valence-electron chi connectivity index (χ3n) is 3.70. The summed E-state index contributed by atoms with van der Waals surface area (Å²) >= 11 is 0. The smallest absolute Gasteiger partial charge is 0.160 e. The van der Waals surface area contributed by atoms with Crippen LogP contribution in [0.5, 0.6) is 11.5 Å². The fourth-order valence-corrected chi connectivity index (χ4v) is 2.40. The van der Waals surface area contributed by atoms with Crippen molar-refractivity contribution in [3.8, 4) is 11.5 Å². The first-order valence-electron chi connectivity index (χ1n) is 7.06. The molecule has 1 atom stereocenters. The van der Waals surface area contributed by atoms with Crippen LogP contribution in [0.4, 0.5) is 0 Å². The van der Waals surface area contributed by atoms with Crippen LogP contribution in [0.1, 0.15) is 22.6 Å². The summed E-state index contributed by atoms with van der Waals surface area (Å²) in [6, 6.07) is 14.2. The Morgan fingerprint density at radius 3 is 2.19 bits per heavy atom. The van der Waals surface area contributed by atoms with Gasteiger partial charge in [0.15, 0.2) is 11.5 Å². The molecule has 0 aliphatic rings. The van der Waals surface area contributed by atoms with Crippen molar-refractivity contribution in [3.63, 3.8) is 0 Å². The first-order chi connectivity index (χ1) is 10.2. The van der Waals surface area contributed by atoms with Gasteiger partial charge in [0.2, 0.25) is 0 Å². The summed E-state index contributed by atoms with van der Waals surface area (Å²) in [7, 11) is 3.24. The highest BCUT2D eigenvalue weighted by Crippen LogP contribution is 2.31. The van der Waals surface area contributed by atoms with Gasteiger partial charge in [-0.25, -0.2) is 0 Å². The standard InChI is InChI=1S/C18H22O3/c1-13-4-6-14(7-5-13)10-16(12-19)15-8-9-17(20-2)18(11-15)21-3/h4-9,11,16,19H,10,12H2,1-3H3. The predicted octanol–water partition coefficient (Wildman–Crippen LogP) is 3.33. The number of methoxy groups -OCH3 is 2. The van der Waals surface area contributed by atoms with Crippen molar-refractivity contribution < 1.29 is 14.6 Å². The number of benzene rings is 2. The van der Waals surface area contributed by atoms with Crippen LogP contribution >= 0.6 is 0 Å². The Labute approximate surface area is 126 Å². The molecule has 0 bridgehead atoms. The Balaban J connectivity index is 2.22. The van der Waals surface area contributed by atoms with Crippen LogP contribution in [-0.2, 0) is 6.42 Å². The monoisotopic (exact) mass is 286 g/mol. The molecule has 0 aromatic heterocycles. The molecule has 3 nitrogen and oxygen atoms in total. The van der Waals surface area contributed by atoms with Crippen molar-refractivity contribution in [1.29, 1.82) is 0 Å². The third-order valence-corrected chi connectivity index (χ3v) is 3.70. The van der Waals surface area contributed by atoms with Gasteiger partial charge >= 0.3 is 0 Å². The van der Waals surface area contributed by atoms with Crippen molar-refractivity contribution in [2.24, 2.45) is 0 Å². The fourth-order valence-electron chi connectivity index (χ4n) is 2.40. The molecule has 0 aliphatic heterocycles. The molecule has 0 aliphatic carbocycles. The molecule has 2 aromatic rings. The van der Waals surface area contributed by atoms with E-state index in [1.807, 2.05) is 18.2 Å². The Hall–Kier alpha value is -2.00. The van der Waals surface area contributed by atoms with E-state index in [2.05, 4.69) is 31.2 Å². The molecule has 1 N–H and O–H groups in total. The van der Waals surface area contributed by atoms with E-state index in [0.29, 0.717) is 11.5 Å². The van der Waals surface area contributed by atoms with Crippen molar-refractivity contribution in [3.05, 3.63) is 59.2 Å². The van der Waals surface area contributed by atoms with E-state index in [0.717, 1.165) is 12.0 Å². The first-order valence-corrected chi connectivity index (χ1v) is 7.06. The molecular weight excluding hydrogens is 264 g/mol. The maximum absolute atomic E-state index is 9.71. The zero-order valence-electron chi connectivity index (χ0n) is 12.8. The lowest BCUT2D eigenvalue weighted by Crippen LogP contribution is -2.08. The summed E-state index contributed by atoms with van der Waals surface area (Å²) < 4.78 is 10.6. The van der Waals surface area contributed by atoms with Crippen LogP contribution in [0.25, 0.3) is 0 Å². The minimum absolute atomic E-state index is 0.0486. The summed E-state index contributed by atoms with van der Waals surface area (Å²) in [4.78, 5) is 0. The first kappa shape index (κ1) is 15.4. The lowest BCUT2D eigenvalue weighted by molar-refractivity contribution is 0.264. The minimum Gasteiger partial charge on any atom is -0.493 e. The zero-order valence-corrected chi connectivity index (χ0v) is 12.8. The predicted molar refractivity (Wildman–Crippen MR) is 84.3 cm³/mol. The van der Waals surface area contributed by atoms with Crippen LogP contribution in [0, 0.1) is 6.92 Å². The third kappa shape index (κ3) is 3.76. The molecule has 0 spiro atoms. The van der Waals surface area contributed by atoms with Gasteiger partial charge in [-0.3, -0.25) is 0 Å². The fraction of sp³-hybridized carbons (Fsp3) is 0.333. The van der Waals surface area contributed by atoms with Gasteiger partial charge in [0.1, 0.15) is 0 Å². The summed E-state index contributed by atoms with van der Waals surface area (Å²) in [5.74, 6) is 1.44. The molecule has 0 radical (unpaired) electrons. The summed E-state index contributed by atoms with van der Waals surface area (Å²) in [5, 5.41) is 9.71. The number of ether oxygens (including phenoxy) is 2. The van der Waals surface area contributed by atoms with Gasteiger partial charge in [0, 0.05) is 5.92 Å². The summed E-state index contributed by atoms with van der Waals surface area (Å²) in [6.45, 7) is 2.17. The van der Waals surface area contributed by atoms with Crippen LogP contribution in [0.15, 0.2) is 42.5 Å². The average Bonchev–Trinajstić information content (AvgIpc) is 2.53. The minimum atomic E-state index is 0.0486. The largest absolute Gasteiger partial charge is 0.493 e. The van der Waals surface area contributed by atoms with Gasteiger partial charge in [-0.1, -0.05) is 35.9 Å². The number of aryl methyl sites for hydroxylation is 1. The molecular formula is C18H22O3. The van der Waals surface area contributed by atoms with Gasteiger partial charge in [-0.2, -0.15) is 0 Å². The Bertz CT molecular complexity index is 576. The zero-order chi connectivity index (χ0) is 15.2. The van der Waals surface area contributed by atoms with E-state index in [9.17, 15) is 5.11 Å². The normalized spacial score (nSPS) is 12.0. The van der Waals surface area contributed by atoms with Crippen molar-refractivity contribution in [2.75, 3.05) is 20.8 Å². The van der Waals surface area contributed by atoms with Crippen molar-refractivity contribution >= 4 is 0 Å². The SMILES string of the molecule is COc1ccc(C(CO)Cc2ccc(C)cc2)cc1OC. The molecule has 0 amide bonds. The van der Waals surface area contributed by atoms with Crippen LogP contribution in [0.3, 0.4) is 0 Å². The highest BCUT2D eigenvalue weighted by molar-refractivity contribution is 5.44. The van der Waals surface area contributed by atoms with E-state index in [-0.39, 0.29) is 12.5 Å². The lowest BCUT2D eigenvalue weighted by Gasteiger charge is -2.17. The average molecular weight is 286 g/mol. The molecule has 2 aromatic carbocycles. The van der Waals surface area contributed by atoms with Crippen molar-refractivity contribution in [2.45, 2.75) is 19.3 Å². The molecule has 0 fully saturated rings. The quantitative estimate of drug-likeness (QED) is 0.885. The maximum Gasteiger partial charge on any atom is 0.160 e. The van der Waals surface area contributed by atoms with Gasteiger partial charge in [0.25, 0.3) is 0 Å². The van der Waals surface area contributed by atoms with Crippen molar-refractivity contribution in [1.82, 2.24) is 0 Å². The van der Waals surface area contributed by atoms with Gasteiger partial charge in [-0.05, 0) is 36.6 Å². The molecule has 2 rings (SSSR count). The topological polar surface area (TPSA) is 38.7 Å². The number of hydrogen-bond acceptors (Lipinski definition) is 3. The second-order valence-corrected chi connectivity index (χ2v) is 5.18. The number of rotatable bonds is 6. The highest BCUT2D eigenvalue weighted by atomic mass is 16.5. The van der Waals surface area contributed by atoms with Crippen LogP contribution < -0.4 is 9.47 Å². The molecule has 3 heteroatoms. The van der Waals surface area contributed by atoms with E-state index in [1.54, 1.807) is 14.2 Å². The van der Waals surface area contributed by atoms with E-state index < -0.39 is 0 Å². The Morgan fingerprint density at radius 2 is 1.62 bits per heavy atom. The maximum atomic E-state index is 9.71. The molecule has 0 saturated carbocycles. The molecule has 21 heavy (non-hydrogen) atoms. The van der Waals surface area contributed by atoms with E-state index in [1.165, 1.54) is 11.1 Å². The lowest BCUT2D eigenvalue weighted by atomic mass is 9.92.